The molecule has 1 aromatic heterocycles. The van der Waals surface area contributed by atoms with Crippen LogP contribution in [0.5, 0.6) is 10.9 Å². The second-order valence-corrected chi connectivity index (χ2v) is 8.80. The molecule has 0 spiro atoms. The number of piperidine rings is 1. The summed E-state index contributed by atoms with van der Waals surface area (Å²) in [7, 11) is 0. The second-order valence-electron chi connectivity index (χ2n) is 6.96. The van der Waals surface area contributed by atoms with E-state index in [2.05, 4.69) is 24.0 Å². The van der Waals surface area contributed by atoms with Crippen LogP contribution in [0, 0.1) is 6.92 Å². The molecule has 0 unspecified atom stereocenters. The smallest absolute Gasteiger partial charge is 0.274 e. The highest BCUT2D eigenvalue weighted by molar-refractivity contribution is 7.20. The molecule has 1 amide bonds. The number of hydrogen-bond donors (Lipinski definition) is 0. The Kier molecular flexibility index (Phi) is 6.13. The number of rotatable bonds is 5. The number of benzene rings is 2. The lowest BCUT2D eigenvalue weighted by molar-refractivity contribution is -0.135. The van der Waals surface area contributed by atoms with E-state index in [1.165, 1.54) is 0 Å². The molecule has 0 N–H and O–H groups in total. The minimum absolute atomic E-state index is 0.0516. The van der Waals surface area contributed by atoms with Crippen LogP contribution in [0.15, 0.2) is 36.4 Å². The van der Waals surface area contributed by atoms with Crippen molar-refractivity contribution in [2.24, 2.45) is 0 Å². The Morgan fingerprint density at radius 3 is 2.76 bits per heavy atom. The Morgan fingerprint density at radius 2 is 2.03 bits per heavy atom. The lowest BCUT2D eigenvalue weighted by atomic mass is 10.1. The van der Waals surface area contributed by atoms with E-state index in [4.69, 9.17) is 32.7 Å². The van der Waals surface area contributed by atoms with E-state index < -0.39 is 0 Å². The van der Waals surface area contributed by atoms with Crippen molar-refractivity contribution >= 4 is 50.7 Å². The molecule has 0 bridgehead atoms. The monoisotopic (exact) mass is 450 g/mol. The zero-order valence-corrected chi connectivity index (χ0v) is 18.2. The molecule has 0 atom stereocenters. The molecule has 2 aromatic carbocycles. The fraction of sp³-hybridized carbons (Fsp3) is 0.333. The van der Waals surface area contributed by atoms with Gasteiger partial charge in [0.1, 0.15) is 11.9 Å². The van der Waals surface area contributed by atoms with Crippen molar-refractivity contribution in [3.63, 3.8) is 0 Å². The zero-order chi connectivity index (χ0) is 20.4. The fourth-order valence-corrected chi connectivity index (χ4v) is 4.73. The van der Waals surface area contributed by atoms with Crippen LogP contribution in [0.2, 0.25) is 10.0 Å². The van der Waals surface area contributed by atoms with Gasteiger partial charge in [-0.1, -0.05) is 46.7 Å². The summed E-state index contributed by atoms with van der Waals surface area (Å²) >= 11 is 13.5. The Hall–Kier alpha value is -2.02. The Balaban J connectivity index is 1.28. The molecule has 1 aliphatic heterocycles. The van der Waals surface area contributed by atoms with Crippen LogP contribution in [-0.4, -0.2) is 41.6 Å². The topological polar surface area (TPSA) is 51.7 Å². The molecule has 1 saturated heterocycles. The molecular weight excluding hydrogens is 431 g/mol. The second kappa shape index (κ2) is 8.78. The number of ether oxygens (including phenoxy) is 2. The van der Waals surface area contributed by atoms with Gasteiger partial charge < -0.3 is 14.4 Å². The largest absolute Gasteiger partial charge is 0.482 e. The first-order valence-electron chi connectivity index (χ1n) is 9.38. The molecule has 1 aliphatic rings. The number of halogens is 2. The van der Waals surface area contributed by atoms with Crippen molar-refractivity contribution in [2.75, 3.05) is 19.7 Å². The zero-order valence-electron chi connectivity index (χ0n) is 15.9. The SMILES string of the molecule is Cc1cccc2sc(OC3CCN(C(=O)COc4ccc(Cl)cc4Cl)CC3)nc12. The van der Waals surface area contributed by atoms with Crippen LogP contribution in [-0.2, 0) is 4.79 Å². The van der Waals surface area contributed by atoms with E-state index in [-0.39, 0.29) is 18.6 Å². The van der Waals surface area contributed by atoms with Gasteiger partial charge in [-0.2, -0.15) is 0 Å². The first-order chi connectivity index (χ1) is 14.0. The lowest BCUT2D eigenvalue weighted by Crippen LogP contribution is -2.43. The number of para-hydroxylation sites is 1. The molecule has 1 fully saturated rings. The van der Waals surface area contributed by atoms with Gasteiger partial charge in [0.05, 0.1) is 15.2 Å². The average Bonchev–Trinajstić information content (AvgIpc) is 3.11. The third-order valence-corrected chi connectivity index (χ3v) is 6.35. The van der Waals surface area contributed by atoms with Gasteiger partial charge in [0.15, 0.2) is 6.61 Å². The highest BCUT2D eigenvalue weighted by Gasteiger charge is 2.25. The van der Waals surface area contributed by atoms with Crippen molar-refractivity contribution in [3.05, 3.63) is 52.0 Å². The number of likely N-dealkylation sites (tertiary alicyclic amines) is 1. The fourth-order valence-electron chi connectivity index (χ4n) is 3.30. The molecule has 4 rings (SSSR count). The summed E-state index contributed by atoms with van der Waals surface area (Å²) in [5.74, 6) is 0.388. The highest BCUT2D eigenvalue weighted by atomic mass is 35.5. The van der Waals surface area contributed by atoms with Gasteiger partial charge >= 0.3 is 0 Å². The molecule has 0 saturated carbocycles. The summed E-state index contributed by atoms with van der Waals surface area (Å²) in [5, 5.41) is 1.61. The molecule has 29 heavy (non-hydrogen) atoms. The maximum absolute atomic E-state index is 12.5. The number of amides is 1. The molecule has 0 radical (unpaired) electrons. The van der Waals surface area contributed by atoms with Crippen LogP contribution in [0.3, 0.4) is 0 Å². The van der Waals surface area contributed by atoms with Gasteiger partial charge in [-0.25, -0.2) is 4.98 Å². The summed E-state index contributed by atoms with van der Waals surface area (Å²) < 4.78 is 12.8. The minimum atomic E-state index is -0.0647. The number of thiazole rings is 1. The number of aromatic nitrogens is 1. The third-order valence-electron chi connectivity index (χ3n) is 4.91. The highest BCUT2D eigenvalue weighted by Crippen LogP contribution is 2.31. The maximum atomic E-state index is 12.5. The Labute approximate surface area is 183 Å². The van der Waals surface area contributed by atoms with E-state index in [1.54, 1.807) is 34.4 Å². The molecule has 2 heterocycles. The maximum Gasteiger partial charge on any atom is 0.274 e. The standard InChI is InChI=1S/C21H20Cl2N2O3S/c1-13-3-2-4-18-20(13)24-21(29-18)28-15-7-9-25(10-8-15)19(26)12-27-17-6-5-14(22)11-16(17)23/h2-6,11,15H,7-10,12H2,1H3. The summed E-state index contributed by atoms with van der Waals surface area (Å²) in [5.41, 5.74) is 2.15. The van der Waals surface area contributed by atoms with Crippen molar-refractivity contribution in [3.8, 4) is 10.9 Å². The third kappa shape index (κ3) is 4.77. The van der Waals surface area contributed by atoms with E-state index in [9.17, 15) is 4.79 Å². The minimum Gasteiger partial charge on any atom is -0.482 e. The number of fused-ring (bicyclic) bond motifs is 1. The Morgan fingerprint density at radius 1 is 1.24 bits per heavy atom. The van der Waals surface area contributed by atoms with Crippen LogP contribution in [0.1, 0.15) is 18.4 Å². The summed E-state index contributed by atoms with van der Waals surface area (Å²) in [6.07, 6.45) is 1.59. The predicted octanol–water partition coefficient (Wildman–Crippen LogP) is 5.36. The molecule has 8 heteroatoms. The summed E-state index contributed by atoms with van der Waals surface area (Å²) in [6.45, 7) is 3.26. The first kappa shape index (κ1) is 20.3. The van der Waals surface area contributed by atoms with Gasteiger partial charge in [0, 0.05) is 31.0 Å². The van der Waals surface area contributed by atoms with Crippen molar-refractivity contribution in [1.29, 1.82) is 0 Å². The number of hydrogen-bond acceptors (Lipinski definition) is 5. The number of nitrogens with zero attached hydrogens (tertiary/aromatic N) is 2. The molecule has 3 aromatic rings. The first-order valence-corrected chi connectivity index (χ1v) is 11.0. The van der Waals surface area contributed by atoms with E-state index in [0.717, 1.165) is 28.6 Å². The van der Waals surface area contributed by atoms with Gasteiger partial charge in [-0.15, -0.1) is 0 Å². The summed E-state index contributed by atoms with van der Waals surface area (Å²) in [6, 6.07) is 11.1. The number of aryl methyl sites for hydroxylation is 1. The van der Waals surface area contributed by atoms with E-state index in [0.29, 0.717) is 34.1 Å². The van der Waals surface area contributed by atoms with Gasteiger partial charge in [0.25, 0.3) is 11.1 Å². The van der Waals surface area contributed by atoms with Crippen molar-refractivity contribution in [1.82, 2.24) is 9.88 Å². The van der Waals surface area contributed by atoms with E-state index in [1.807, 2.05) is 6.07 Å². The van der Waals surface area contributed by atoms with Crippen molar-refractivity contribution in [2.45, 2.75) is 25.9 Å². The van der Waals surface area contributed by atoms with Crippen LogP contribution in [0.25, 0.3) is 10.2 Å². The predicted molar refractivity (Wildman–Crippen MR) is 117 cm³/mol. The molecule has 152 valence electrons. The molecule has 5 nitrogen and oxygen atoms in total. The molecule has 0 aliphatic carbocycles. The van der Waals surface area contributed by atoms with Gasteiger partial charge in [-0.05, 0) is 36.8 Å². The Bertz CT molecular complexity index is 1030. The number of carbonyl (C=O) groups is 1. The van der Waals surface area contributed by atoms with E-state index >= 15 is 0 Å². The quantitative estimate of drug-likeness (QED) is 0.524. The van der Waals surface area contributed by atoms with Crippen LogP contribution < -0.4 is 9.47 Å². The summed E-state index contributed by atoms with van der Waals surface area (Å²) in [4.78, 5) is 18.9. The van der Waals surface area contributed by atoms with Crippen LogP contribution >= 0.6 is 34.5 Å². The average molecular weight is 451 g/mol. The van der Waals surface area contributed by atoms with Gasteiger partial charge in [0.2, 0.25) is 0 Å². The lowest BCUT2D eigenvalue weighted by Gasteiger charge is -2.31. The molecular formula is C21H20Cl2N2O3S. The number of carbonyl (C=O) groups excluding carboxylic acids is 1. The van der Waals surface area contributed by atoms with Gasteiger partial charge in [-0.3, -0.25) is 4.79 Å². The van der Waals surface area contributed by atoms with Crippen LogP contribution in [0.4, 0.5) is 0 Å². The normalized spacial score (nSPS) is 14.9. The van der Waals surface area contributed by atoms with Crippen molar-refractivity contribution < 1.29 is 14.3 Å².